The van der Waals surface area contributed by atoms with E-state index in [0.717, 1.165) is 37.4 Å². The molecule has 1 aromatic rings. The summed E-state index contributed by atoms with van der Waals surface area (Å²) < 4.78 is 0. The number of carbonyl (C=O) groups excluding carboxylic acids is 2. The van der Waals surface area contributed by atoms with Crippen LogP contribution in [0.2, 0.25) is 0 Å². The number of aliphatic hydroxyl groups is 1. The minimum Gasteiger partial charge on any atom is -0.392 e. The normalized spacial score (nSPS) is 28.5. The molecular formula is C21H26N2O3S2. The van der Waals surface area contributed by atoms with Gasteiger partial charge in [-0.1, -0.05) is 49.9 Å². The average molecular weight is 419 g/mol. The van der Waals surface area contributed by atoms with Gasteiger partial charge in [0, 0.05) is 23.9 Å². The first-order valence-electron chi connectivity index (χ1n) is 9.92. The highest BCUT2D eigenvalue weighted by molar-refractivity contribution is 8.04. The molecule has 7 heteroatoms. The lowest BCUT2D eigenvalue weighted by Crippen LogP contribution is -2.61. The number of likely N-dealkylation sites (tertiary alicyclic amines) is 1. The topological polar surface area (TPSA) is 60.9 Å². The lowest BCUT2D eigenvalue weighted by molar-refractivity contribution is -0.154. The van der Waals surface area contributed by atoms with Gasteiger partial charge in [-0.15, -0.1) is 11.8 Å². The second kappa shape index (κ2) is 8.22. The maximum atomic E-state index is 12.6. The van der Waals surface area contributed by atoms with Crippen LogP contribution in [0, 0.1) is 11.8 Å². The molecule has 5 nitrogen and oxygen atoms in total. The Bertz CT molecular complexity index is 798. The summed E-state index contributed by atoms with van der Waals surface area (Å²) in [7, 11) is 0. The summed E-state index contributed by atoms with van der Waals surface area (Å²) in [6.07, 6.45) is 1.88. The number of hydrogen-bond donors (Lipinski definition) is 2. The maximum absolute atomic E-state index is 12.6. The minimum absolute atomic E-state index is 0.141. The predicted octanol–water partition coefficient (Wildman–Crippen LogP) is 2.52. The highest BCUT2D eigenvalue weighted by Gasteiger charge is 2.58. The van der Waals surface area contributed by atoms with Crippen molar-refractivity contribution < 1.29 is 14.7 Å². The van der Waals surface area contributed by atoms with Crippen molar-refractivity contribution in [2.75, 3.05) is 19.6 Å². The van der Waals surface area contributed by atoms with Gasteiger partial charge in [0.2, 0.25) is 11.0 Å². The molecule has 150 valence electrons. The van der Waals surface area contributed by atoms with Crippen LogP contribution in [0.15, 0.2) is 40.9 Å². The largest absolute Gasteiger partial charge is 0.392 e. The van der Waals surface area contributed by atoms with Crippen LogP contribution in [0.4, 0.5) is 0 Å². The van der Waals surface area contributed by atoms with E-state index in [-0.39, 0.29) is 22.3 Å². The van der Waals surface area contributed by atoms with Crippen molar-refractivity contribution in [3.05, 3.63) is 46.5 Å². The third-order valence-electron chi connectivity index (χ3n) is 6.04. The lowest BCUT2D eigenvalue weighted by atomic mass is 9.89. The Morgan fingerprint density at radius 3 is 2.79 bits per heavy atom. The first-order chi connectivity index (χ1) is 13.5. The summed E-state index contributed by atoms with van der Waals surface area (Å²) in [6, 6.07) is 10.5. The SMILES string of the molecule is CC[C@H](O)[C@@H]1C(=O)N2C(C(=O)S)=C([C@H]3CCN(CCc4ccccc4)C3)S[C@H]12. The second-order valence-electron chi connectivity index (χ2n) is 7.76. The van der Waals surface area contributed by atoms with Gasteiger partial charge in [0.25, 0.3) is 0 Å². The number of rotatable bonds is 7. The Hall–Kier alpha value is -1.28. The first-order valence-corrected chi connectivity index (χ1v) is 11.3. The average Bonchev–Trinajstić information content (AvgIpc) is 3.29. The van der Waals surface area contributed by atoms with Crippen molar-refractivity contribution in [3.8, 4) is 0 Å². The Labute approximate surface area is 175 Å². The zero-order valence-corrected chi connectivity index (χ0v) is 17.7. The zero-order chi connectivity index (χ0) is 19.8. The standard InChI is InChI=1S/C21H26N2O3S2/c1-2-15(24)16-19(25)23-17(21(26)27)18(28-20(16)23)14-9-11-22(12-14)10-8-13-6-4-3-5-7-13/h3-7,14-16,20,24H,2,8-12H2,1H3,(H,26,27)/t14-,15-,16+,20+/m0/s1. The van der Waals surface area contributed by atoms with E-state index in [4.69, 9.17) is 0 Å². The van der Waals surface area contributed by atoms with Crippen molar-refractivity contribution in [2.45, 2.75) is 37.7 Å². The fraction of sp³-hybridized carbons (Fsp3) is 0.524. The molecule has 4 atom stereocenters. The molecule has 0 radical (unpaired) electrons. The van der Waals surface area contributed by atoms with E-state index in [1.165, 1.54) is 5.56 Å². The fourth-order valence-corrected chi connectivity index (χ4v) is 6.45. The van der Waals surface area contributed by atoms with Gasteiger partial charge < -0.3 is 10.0 Å². The number of carbonyl (C=O) groups is 2. The van der Waals surface area contributed by atoms with Crippen molar-refractivity contribution >= 4 is 35.4 Å². The molecule has 1 aromatic carbocycles. The van der Waals surface area contributed by atoms with E-state index >= 15 is 0 Å². The van der Waals surface area contributed by atoms with Crippen molar-refractivity contribution in [1.29, 1.82) is 0 Å². The minimum atomic E-state index is -0.650. The van der Waals surface area contributed by atoms with Crippen molar-refractivity contribution in [3.63, 3.8) is 0 Å². The van der Waals surface area contributed by atoms with E-state index in [1.807, 2.05) is 13.0 Å². The fourth-order valence-electron chi connectivity index (χ4n) is 4.44. The maximum Gasteiger partial charge on any atom is 0.236 e. The van der Waals surface area contributed by atoms with Gasteiger partial charge in [0.05, 0.1) is 12.0 Å². The Kier molecular flexibility index (Phi) is 5.88. The summed E-state index contributed by atoms with van der Waals surface area (Å²) in [5.74, 6) is -0.298. The van der Waals surface area contributed by atoms with Crippen LogP contribution >= 0.6 is 24.4 Å². The number of fused-ring (bicyclic) bond motifs is 1. The number of amides is 1. The molecule has 4 rings (SSSR count). The van der Waals surface area contributed by atoms with Crippen LogP contribution in [0.1, 0.15) is 25.3 Å². The number of aliphatic hydroxyl groups excluding tert-OH is 1. The summed E-state index contributed by atoms with van der Waals surface area (Å²) in [5, 5.41) is 9.71. The number of thioether (sulfide) groups is 1. The molecule has 3 aliphatic heterocycles. The molecule has 0 spiro atoms. The van der Waals surface area contributed by atoms with Crippen LogP contribution in [0.3, 0.4) is 0 Å². The highest BCUT2D eigenvalue weighted by Crippen LogP contribution is 2.54. The van der Waals surface area contributed by atoms with Gasteiger partial charge >= 0.3 is 0 Å². The van der Waals surface area contributed by atoms with Crippen LogP contribution in [0.5, 0.6) is 0 Å². The molecule has 0 saturated carbocycles. The van der Waals surface area contributed by atoms with Gasteiger partial charge in [0.1, 0.15) is 11.1 Å². The smallest absolute Gasteiger partial charge is 0.236 e. The van der Waals surface area contributed by atoms with Gasteiger partial charge in [0.15, 0.2) is 0 Å². The quantitative estimate of drug-likeness (QED) is 0.526. The zero-order valence-electron chi connectivity index (χ0n) is 16.0. The van der Waals surface area contributed by atoms with Crippen LogP contribution in [-0.2, 0) is 16.0 Å². The summed E-state index contributed by atoms with van der Waals surface area (Å²) in [4.78, 5) is 29.8. The number of benzene rings is 1. The summed E-state index contributed by atoms with van der Waals surface area (Å²) >= 11 is 5.65. The van der Waals surface area contributed by atoms with E-state index in [1.54, 1.807) is 16.7 Å². The number of β-lactam (4-membered cyclic amide) rings is 1. The molecule has 1 N–H and O–H groups in total. The van der Waals surface area contributed by atoms with Gasteiger partial charge in [-0.25, -0.2) is 0 Å². The van der Waals surface area contributed by atoms with Crippen molar-refractivity contribution in [1.82, 2.24) is 9.80 Å². The molecule has 2 saturated heterocycles. The Morgan fingerprint density at radius 2 is 2.11 bits per heavy atom. The van der Waals surface area contributed by atoms with Gasteiger partial charge in [-0.2, -0.15) is 0 Å². The number of nitrogens with zero attached hydrogens (tertiary/aromatic N) is 2. The van der Waals surface area contributed by atoms with Crippen LogP contribution in [0.25, 0.3) is 0 Å². The molecule has 0 unspecified atom stereocenters. The van der Waals surface area contributed by atoms with Crippen molar-refractivity contribution in [2.24, 2.45) is 11.8 Å². The number of hydrogen-bond acceptors (Lipinski definition) is 5. The molecule has 3 heterocycles. The van der Waals surface area contributed by atoms with Crippen LogP contribution < -0.4 is 0 Å². The summed E-state index contributed by atoms with van der Waals surface area (Å²) in [5.41, 5.74) is 1.79. The molecule has 28 heavy (non-hydrogen) atoms. The third kappa shape index (κ3) is 3.54. The third-order valence-corrected chi connectivity index (χ3v) is 7.78. The highest BCUT2D eigenvalue weighted by atomic mass is 32.2. The molecule has 0 bridgehead atoms. The van der Waals surface area contributed by atoms with Gasteiger partial charge in [-0.05, 0) is 31.4 Å². The second-order valence-corrected chi connectivity index (χ2v) is 9.32. The molecule has 2 fully saturated rings. The molecule has 0 aliphatic carbocycles. The lowest BCUT2D eigenvalue weighted by Gasteiger charge is -2.44. The Morgan fingerprint density at radius 1 is 1.36 bits per heavy atom. The molecule has 3 aliphatic rings. The van der Waals surface area contributed by atoms with E-state index in [9.17, 15) is 14.7 Å². The predicted molar refractivity (Wildman–Crippen MR) is 114 cm³/mol. The number of thiol groups is 1. The monoisotopic (exact) mass is 418 g/mol. The van der Waals surface area contributed by atoms with Gasteiger partial charge in [-0.3, -0.25) is 14.5 Å². The molecule has 1 amide bonds. The summed E-state index contributed by atoms with van der Waals surface area (Å²) in [6.45, 7) is 4.76. The molecular weight excluding hydrogens is 392 g/mol. The van der Waals surface area contributed by atoms with E-state index in [2.05, 4.69) is 41.8 Å². The first kappa shape index (κ1) is 20.0. The van der Waals surface area contributed by atoms with E-state index < -0.39 is 12.0 Å². The molecule has 0 aromatic heterocycles. The Balaban J connectivity index is 1.44. The van der Waals surface area contributed by atoms with Crippen LogP contribution in [-0.4, -0.2) is 57.0 Å². The van der Waals surface area contributed by atoms with E-state index in [0.29, 0.717) is 12.1 Å².